The number of hydrogen-bond donors (Lipinski definition) is 1. The van der Waals surface area contributed by atoms with Gasteiger partial charge in [-0.1, -0.05) is 62.7 Å². The topological polar surface area (TPSA) is 70.8 Å². The molecule has 5 nitrogen and oxygen atoms in total. The van der Waals surface area contributed by atoms with Crippen LogP contribution < -0.4 is 4.90 Å². The van der Waals surface area contributed by atoms with Gasteiger partial charge < -0.3 is 9.52 Å². The number of aliphatic hydroxyl groups excluding tert-OH is 1. The molecule has 1 aromatic heterocycles. The molecule has 0 bridgehead atoms. The first-order valence-electron chi connectivity index (χ1n) is 10.3. The molecule has 0 aliphatic carbocycles. The molecule has 32 heavy (non-hydrogen) atoms. The summed E-state index contributed by atoms with van der Waals surface area (Å²) in [5.74, 6) is -1.72. The molecule has 0 spiro atoms. The zero-order valence-electron chi connectivity index (χ0n) is 18.3. The molecule has 1 N–H and O–H groups in total. The van der Waals surface area contributed by atoms with Gasteiger partial charge in [-0.05, 0) is 53.3 Å². The van der Waals surface area contributed by atoms with E-state index in [0.717, 1.165) is 5.56 Å². The van der Waals surface area contributed by atoms with E-state index < -0.39 is 23.5 Å². The van der Waals surface area contributed by atoms with Gasteiger partial charge in [0.25, 0.3) is 5.91 Å². The average Bonchev–Trinajstić information content (AvgIpc) is 3.37. The fourth-order valence-electron chi connectivity index (χ4n) is 3.96. The summed E-state index contributed by atoms with van der Waals surface area (Å²) in [7, 11) is 0. The second kappa shape index (κ2) is 7.99. The lowest BCUT2D eigenvalue weighted by Crippen LogP contribution is -2.31. The Bertz CT molecular complexity index is 1220. The lowest BCUT2D eigenvalue weighted by molar-refractivity contribution is -0.117. The number of amides is 1. The Morgan fingerprint density at radius 3 is 2.34 bits per heavy atom. The summed E-state index contributed by atoms with van der Waals surface area (Å²) in [6.07, 6.45) is 1.38. The predicted molar refractivity (Wildman–Crippen MR) is 124 cm³/mol. The van der Waals surface area contributed by atoms with E-state index in [2.05, 4.69) is 20.8 Å². The molecule has 0 saturated heterocycles. The SMILES string of the molecule is Cc1c(Cl)cccc1N1C(=O)C(O)=C(C(=O)c2ccco2)C1c1ccc(C(C)(C)C)cc1. The highest BCUT2D eigenvalue weighted by Gasteiger charge is 2.45. The minimum absolute atomic E-state index is 0.0205. The van der Waals surface area contributed by atoms with E-state index >= 15 is 0 Å². The standard InChI is InChI=1S/C26H24ClNO4/c1-15-18(27)7-5-8-19(15)28-22(16-10-12-17(13-11-16)26(2,3)4)21(24(30)25(28)31)23(29)20-9-6-14-32-20/h5-14,22,30H,1-4H3. The van der Waals surface area contributed by atoms with Crippen molar-refractivity contribution < 1.29 is 19.1 Å². The Kier molecular flexibility index (Phi) is 5.47. The maximum Gasteiger partial charge on any atom is 0.294 e. The highest BCUT2D eigenvalue weighted by molar-refractivity contribution is 6.32. The van der Waals surface area contributed by atoms with Crippen LogP contribution in [0.5, 0.6) is 0 Å². The summed E-state index contributed by atoms with van der Waals surface area (Å²) in [5, 5.41) is 11.3. The van der Waals surface area contributed by atoms with Crippen molar-refractivity contribution in [3.05, 3.63) is 99.7 Å². The van der Waals surface area contributed by atoms with E-state index in [1.54, 1.807) is 31.2 Å². The number of carbonyl (C=O) groups excluding carboxylic acids is 2. The number of rotatable bonds is 4. The van der Waals surface area contributed by atoms with Crippen LogP contribution in [0, 0.1) is 6.92 Å². The fraction of sp³-hybridized carbons (Fsp3) is 0.231. The summed E-state index contributed by atoms with van der Waals surface area (Å²) in [4.78, 5) is 28.0. The number of anilines is 1. The molecule has 0 saturated carbocycles. The van der Waals surface area contributed by atoms with Crippen molar-refractivity contribution in [2.24, 2.45) is 0 Å². The number of hydrogen-bond acceptors (Lipinski definition) is 4. The largest absolute Gasteiger partial charge is 0.503 e. The highest BCUT2D eigenvalue weighted by Crippen LogP contribution is 2.44. The predicted octanol–water partition coefficient (Wildman–Crippen LogP) is 6.32. The molecule has 6 heteroatoms. The van der Waals surface area contributed by atoms with Crippen LogP contribution in [0.4, 0.5) is 5.69 Å². The molecule has 2 heterocycles. The van der Waals surface area contributed by atoms with Gasteiger partial charge >= 0.3 is 0 Å². The Morgan fingerprint density at radius 2 is 1.75 bits per heavy atom. The summed E-state index contributed by atoms with van der Waals surface area (Å²) < 4.78 is 5.28. The summed E-state index contributed by atoms with van der Waals surface area (Å²) in [6.45, 7) is 8.13. The highest BCUT2D eigenvalue weighted by atomic mass is 35.5. The molecule has 1 aliphatic rings. The molecule has 0 fully saturated rings. The van der Waals surface area contributed by atoms with Crippen molar-refractivity contribution >= 4 is 29.0 Å². The van der Waals surface area contributed by atoms with Gasteiger partial charge in [0.1, 0.15) is 0 Å². The number of furan rings is 1. The Morgan fingerprint density at radius 1 is 1.06 bits per heavy atom. The molecule has 164 valence electrons. The number of benzene rings is 2. The van der Waals surface area contributed by atoms with Crippen molar-refractivity contribution in [3.8, 4) is 0 Å². The zero-order chi connectivity index (χ0) is 23.2. The molecule has 1 aliphatic heterocycles. The third kappa shape index (κ3) is 3.63. The maximum absolute atomic E-state index is 13.3. The number of halogens is 1. The number of aliphatic hydroxyl groups is 1. The minimum Gasteiger partial charge on any atom is -0.503 e. The van der Waals surface area contributed by atoms with E-state index in [1.807, 2.05) is 24.3 Å². The van der Waals surface area contributed by atoms with Crippen LogP contribution in [0.3, 0.4) is 0 Å². The van der Waals surface area contributed by atoms with Gasteiger partial charge in [-0.3, -0.25) is 14.5 Å². The summed E-state index contributed by atoms with van der Waals surface area (Å²) >= 11 is 6.33. The van der Waals surface area contributed by atoms with Crippen LogP contribution in [0.1, 0.15) is 54.1 Å². The van der Waals surface area contributed by atoms with E-state index in [4.69, 9.17) is 16.0 Å². The van der Waals surface area contributed by atoms with Crippen LogP contribution >= 0.6 is 11.6 Å². The van der Waals surface area contributed by atoms with Crippen LogP contribution in [0.2, 0.25) is 5.02 Å². The Hall–Kier alpha value is -3.31. The lowest BCUT2D eigenvalue weighted by Gasteiger charge is -2.29. The van der Waals surface area contributed by atoms with Crippen LogP contribution in [0.25, 0.3) is 0 Å². The Labute approximate surface area is 191 Å². The van der Waals surface area contributed by atoms with Gasteiger partial charge in [0.15, 0.2) is 11.5 Å². The molecule has 1 atom stereocenters. The van der Waals surface area contributed by atoms with Crippen LogP contribution in [-0.4, -0.2) is 16.8 Å². The molecule has 2 aromatic carbocycles. The molecule has 1 unspecified atom stereocenters. The maximum atomic E-state index is 13.3. The second-order valence-electron chi connectivity index (χ2n) is 8.90. The van der Waals surface area contributed by atoms with Crippen molar-refractivity contribution in [1.82, 2.24) is 0 Å². The summed E-state index contributed by atoms with van der Waals surface area (Å²) in [6, 6.07) is 15.2. The van der Waals surface area contributed by atoms with Crippen LogP contribution in [0.15, 0.2) is 76.6 Å². The number of Topliss-reactive ketones (excluding diaryl/α,β-unsaturated/α-hetero) is 1. The monoisotopic (exact) mass is 449 g/mol. The first-order valence-corrected chi connectivity index (χ1v) is 10.7. The minimum atomic E-state index is -0.828. The first-order chi connectivity index (χ1) is 15.1. The van der Waals surface area contributed by atoms with Crippen molar-refractivity contribution in [1.29, 1.82) is 0 Å². The van der Waals surface area contributed by atoms with Crippen molar-refractivity contribution in [2.45, 2.75) is 39.2 Å². The fourth-order valence-corrected chi connectivity index (χ4v) is 4.13. The van der Waals surface area contributed by atoms with Gasteiger partial charge in [0, 0.05) is 10.7 Å². The first kappa shape index (κ1) is 21.9. The van der Waals surface area contributed by atoms with Gasteiger partial charge in [0.2, 0.25) is 5.78 Å². The molecule has 4 rings (SSSR count). The quantitative estimate of drug-likeness (QED) is 0.473. The number of carbonyl (C=O) groups is 2. The van der Waals surface area contributed by atoms with E-state index in [9.17, 15) is 14.7 Å². The van der Waals surface area contributed by atoms with E-state index in [-0.39, 0.29) is 16.7 Å². The number of nitrogens with zero attached hydrogens (tertiary/aromatic N) is 1. The van der Waals surface area contributed by atoms with E-state index in [1.165, 1.54) is 17.2 Å². The van der Waals surface area contributed by atoms with Gasteiger partial charge in [0.05, 0.1) is 17.9 Å². The molecular weight excluding hydrogens is 426 g/mol. The van der Waals surface area contributed by atoms with Crippen LogP contribution in [-0.2, 0) is 10.2 Å². The van der Waals surface area contributed by atoms with Crippen molar-refractivity contribution in [3.63, 3.8) is 0 Å². The van der Waals surface area contributed by atoms with Gasteiger partial charge in [-0.2, -0.15) is 0 Å². The summed E-state index contributed by atoms with van der Waals surface area (Å²) in [5.41, 5.74) is 2.94. The number of ketones is 1. The third-order valence-corrected chi connectivity index (χ3v) is 6.20. The van der Waals surface area contributed by atoms with Crippen molar-refractivity contribution in [2.75, 3.05) is 4.90 Å². The van der Waals surface area contributed by atoms with Gasteiger partial charge in [-0.25, -0.2) is 0 Å². The third-order valence-electron chi connectivity index (χ3n) is 5.79. The lowest BCUT2D eigenvalue weighted by atomic mass is 9.85. The second-order valence-corrected chi connectivity index (χ2v) is 9.31. The van der Waals surface area contributed by atoms with E-state index in [0.29, 0.717) is 21.8 Å². The molecular formula is C26H24ClNO4. The molecule has 1 amide bonds. The smallest absolute Gasteiger partial charge is 0.294 e. The molecule has 0 radical (unpaired) electrons. The zero-order valence-corrected chi connectivity index (χ0v) is 19.1. The Balaban J connectivity index is 1.90. The normalized spacial score (nSPS) is 16.7. The van der Waals surface area contributed by atoms with Gasteiger partial charge in [-0.15, -0.1) is 0 Å². The molecule has 3 aromatic rings. The average molecular weight is 450 g/mol.